The molecule has 1 amide bonds. The summed E-state index contributed by atoms with van der Waals surface area (Å²) in [5, 5.41) is 12.2. The molecule has 1 saturated heterocycles. The molecule has 5 nitrogen and oxygen atoms in total. The van der Waals surface area contributed by atoms with Crippen molar-refractivity contribution in [2.75, 3.05) is 26.2 Å². The average molecular weight is 291 g/mol. The molecule has 21 heavy (non-hydrogen) atoms. The molecule has 0 aromatic carbocycles. The van der Waals surface area contributed by atoms with Crippen LogP contribution in [0.4, 0.5) is 0 Å². The third kappa shape index (κ3) is 4.79. The molecule has 1 atom stereocenters. The first kappa shape index (κ1) is 15.9. The molecular weight excluding hydrogens is 266 g/mol. The lowest BCUT2D eigenvalue weighted by Gasteiger charge is -2.22. The fourth-order valence-corrected chi connectivity index (χ4v) is 2.80. The van der Waals surface area contributed by atoms with Crippen molar-refractivity contribution < 1.29 is 9.90 Å². The summed E-state index contributed by atoms with van der Waals surface area (Å²) in [6, 6.07) is 5.80. The van der Waals surface area contributed by atoms with E-state index in [1.54, 1.807) is 6.07 Å². The van der Waals surface area contributed by atoms with Crippen molar-refractivity contribution >= 4 is 5.91 Å². The number of rotatable bonds is 7. The fraction of sp³-hybridized carbons (Fsp3) is 0.625. The lowest BCUT2D eigenvalue weighted by atomic mass is 10.2. The van der Waals surface area contributed by atoms with Gasteiger partial charge in [-0.25, -0.2) is 4.98 Å². The molecule has 1 fully saturated rings. The Morgan fingerprint density at radius 1 is 1.48 bits per heavy atom. The van der Waals surface area contributed by atoms with Gasteiger partial charge in [0.25, 0.3) is 5.91 Å². The van der Waals surface area contributed by atoms with Gasteiger partial charge in [0.05, 0.1) is 6.61 Å². The standard InChI is InChI=1S/C16H25N3O2/c1-13-6-4-8-15(18-13)16(21)17-9-2-3-10-19-11-5-7-14(19)12-20/h4,6,8,14,20H,2-3,5,7,9-12H2,1H3,(H,17,21). The van der Waals surface area contributed by atoms with Crippen LogP contribution in [-0.2, 0) is 0 Å². The molecule has 1 unspecified atom stereocenters. The molecule has 0 spiro atoms. The number of unbranched alkanes of at least 4 members (excludes halogenated alkanes) is 1. The zero-order chi connectivity index (χ0) is 15.1. The minimum absolute atomic E-state index is 0.104. The molecule has 0 saturated carbocycles. The second kappa shape index (κ2) is 8.10. The average Bonchev–Trinajstić information content (AvgIpc) is 2.94. The zero-order valence-corrected chi connectivity index (χ0v) is 12.7. The highest BCUT2D eigenvalue weighted by Crippen LogP contribution is 2.16. The third-order valence-corrected chi connectivity index (χ3v) is 3.99. The first-order valence-corrected chi connectivity index (χ1v) is 7.77. The monoisotopic (exact) mass is 291 g/mol. The SMILES string of the molecule is Cc1cccc(C(=O)NCCCCN2CCCC2CO)n1. The first-order chi connectivity index (χ1) is 10.2. The van der Waals surface area contributed by atoms with E-state index in [1.807, 2.05) is 19.1 Å². The fourth-order valence-electron chi connectivity index (χ4n) is 2.80. The lowest BCUT2D eigenvalue weighted by Crippen LogP contribution is -2.33. The topological polar surface area (TPSA) is 65.5 Å². The first-order valence-electron chi connectivity index (χ1n) is 7.77. The van der Waals surface area contributed by atoms with E-state index in [0.29, 0.717) is 18.3 Å². The number of aryl methyl sites for hydroxylation is 1. The molecule has 1 aromatic heterocycles. The number of aliphatic hydroxyl groups is 1. The number of hydrogen-bond donors (Lipinski definition) is 2. The number of nitrogens with zero attached hydrogens (tertiary/aromatic N) is 2. The van der Waals surface area contributed by atoms with Crippen molar-refractivity contribution in [2.45, 2.75) is 38.6 Å². The molecule has 2 N–H and O–H groups in total. The van der Waals surface area contributed by atoms with Gasteiger partial charge in [-0.1, -0.05) is 6.07 Å². The molecule has 0 radical (unpaired) electrons. The van der Waals surface area contributed by atoms with Crippen molar-refractivity contribution in [3.63, 3.8) is 0 Å². The second-order valence-corrected chi connectivity index (χ2v) is 5.64. The highest BCUT2D eigenvalue weighted by atomic mass is 16.3. The molecule has 2 heterocycles. The van der Waals surface area contributed by atoms with Gasteiger partial charge in [-0.05, 0) is 57.8 Å². The van der Waals surface area contributed by atoms with Gasteiger partial charge in [-0.3, -0.25) is 9.69 Å². The van der Waals surface area contributed by atoms with Gasteiger partial charge >= 0.3 is 0 Å². The molecule has 0 aliphatic carbocycles. The summed E-state index contributed by atoms with van der Waals surface area (Å²) in [6.07, 6.45) is 4.28. The minimum atomic E-state index is -0.104. The molecule has 116 valence electrons. The van der Waals surface area contributed by atoms with Gasteiger partial charge in [-0.15, -0.1) is 0 Å². The van der Waals surface area contributed by atoms with Gasteiger partial charge in [0.2, 0.25) is 0 Å². The largest absolute Gasteiger partial charge is 0.395 e. The maximum atomic E-state index is 11.9. The van der Waals surface area contributed by atoms with E-state index in [0.717, 1.165) is 38.0 Å². The summed E-state index contributed by atoms with van der Waals surface area (Å²) in [6.45, 7) is 4.90. The Labute approximate surface area is 126 Å². The Balaban J connectivity index is 1.62. The van der Waals surface area contributed by atoms with Crippen LogP contribution in [0.1, 0.15) is 41.9 Å². The molecule has 1 aliphatic rings. The highest BCUT2D eigenvalue weighted by Gasteiger charge is 2.22. The molecule has 1 aromatic rings. The van der Waals surface area contributed by atoms with Crippen molar-refractivity contribution in [2.24, 2.45) is 0 Å². The quantitative estimate of drug-likeness (QED) is 0.744. The van der Waals surface area contributed by atoms with Gasteiger partial charge < -0.3 is 10.4 Å². The number of likely N-dealkylation sites (tertiary alicyclic amines) is 1. The van der Waals surface area contributed by atoms with Crippen LogP contribution in [0, 0.1) is 6.92 Å². The van der Waals surface area contributed by atoms with E-state index in [9.17, 15) is 9.90 Å². The van der Waals surface area contributed by atoms with E-state index >= 15 is 0 Å². The molecule has 5 heteroatoms. The Bertz CT molecular complexity index is 465. The predicted molar refractivity (Wildman–Crippen MR) is 82.2 cm³/mol. The predicted octanol–water partition coefficient (Wildman–Crippen LogP) is 1.36. The Morgan fingerprint density at radius 2 is 2.33 bits per heavy atom. The van der Waals surface area contributed by atoms with Gasteiger partial charge in [0.1, 0.15) is 5.69 Å². The van der Waals surface area contributed by atoms with Crippen LogP contribution in [-0.4, -0.2) is 53.2 Å². The minimum Gasteiger partial charge on any atom is -0.395 e. The van der Waals surface area contributed by atoms with E-state index in [2.05, 4.69) is 15.2 Å². The molecule has 1 aliphatic heterocycles. The molecule has 0 bridgehead atoms. The summed E-state index contributed by atoms with van der Waals surface area (Å²) >= 11 is 0. The Hall–Kier alpha value is -1.46. The highest BCUT2D eigenvalue weighted by molar-refractivity contribution is 5.92. The molecular formula is C16H25N3O2. The normalized spacial score (nSPS) is 18.9. The number of aliphatic hydroxyl groups excluding tert-OH is 1. The summed E-state index contributed by atoms with van der Waals surface area (Å²) in [7, 11) is 0. The van der Waals surface area contributed by atoms with E-state index in [1.165, 1.54) is 6.42 Å². The number of pyridine rings is 1. The zero-order valence-electron chi connectivity index (χ0n) is 12.7. The van der Waals surface area contributed by atoms with Crippen LogP contribution < -0.4 is 5.32 Å². The van der Waals surface area contributed by atoms with Crippen molar-refractivity contribution in [1.29, 1.82) is 0 Å². The summed E-state index contributed by atoms with van der Waals surface area (Å²) < 4.78 is 0. The van der Waals surface area contributed by atoms with Crippen LogP contribution in [0.5, 0.6) is 0 Å². The summed E-state index contributed by atoms with van der Waals surface area (Å²) in [5.41, 5.74) is 1.33. The van der Waals surface area contributed by atoms with Gasteiger partial charge in [0, 0.05) is 18.3 Å². The van der Waals surface area contributed by atoms with Crippen LogP contribution in [0.3, 0.4) is 0 Å². The number of nitrogens with one attached hydrogen (secondary N) is 1. The molecule has 2 rings (SSSR count). The maximum Gasteiger partial charge on any atom is 0.269 e. The maximum absolute atomic E-state index is 11.9. The Morgan fingerprint density at radius 3 is 3.10 bits per heavy atom. The summed E-state index contributed by atoms with van der Waals surface area (Å²) in [4.78, 5) is 18.5. The van der Waals surface area contributed by atoms with Gasteiger partial charge in [0.15, 0.2) is 0 Å². The Kier molecular flexibility index (Phi) is 6.14. The van der Waals surface area contributed by atoms with Crippen LogP contribution in [0.15, 0.2) is 18.2 Å². The van der Waals surface area contributed by atoms with E-state index in [-0.39, 0.29) is 12.5 Å². The van der Waals surface area contributed by atoms with Crippen LogP contribution in [0.25, 0.3) is 0 Å². The number of hydrogen-bond acceptors (Lipinski definition) is 4. The third-order valence-electron chi connectivity index (χ3n) is 3.99. The van der Waals surface area contributed by atoms with Crippen molar-refractivity contribution in [3.8, 4) is 0 Å². The number of carbonyl (C=O) groups is 1. The second-order valence-electron chi connectivity index (χ2n) is 5.64. The van der Waals surface area contributed by atoms with Crippen LogP contribution in [0.2, 0.25) is 0 Å². The van der Waals surface area contributed by atoms with Crippen molar-refractivity contribution in [3.05, 3.63) is 29.6 Å². The van der Waals surface area contributed by atoms with E-state index in [4.69, 9.17) is 0 Å². The number of amides is 1. The number of aromatic nitrogens is 1. The van der Waals surface area contributed by atoms with E-state index < -0.39 is 0 Å². The van der Waals surface area contributed by atoms with Crippen LogP contribution >= 0.6 is 0 Å². The summed E-state index contributed by atoms with van der Waals surface area (Å²) in [5.74, 6) is -0.104. The number of carbonyl (C=O) groups excluding carboxylic acids is 1. The lowest BCUT2D eigenvalue weighted by molar-refractivity contribution is 0.0947. The smallest absolute Gasteiger partial charge is 0.269 e. The van der Waals surface area contributed by atoms with Crippen molar-refractivity contribution in [1.82, 2.24) is 15.2 Å². The van der Waals surface area contributed by atoms with Gasteiger partial charge in [-0.2, -0.15) is 0 Å².